The summed E-state index contributed by atoms with van der Waals surface area (Å²) in [6.07, 6.45) is 0.627. The summed E-state index contributed by atoms with van der Waals surface area (Å²) in [5.74, 6) is -0.489. The Morgan fingerprint density at radius 2 is 1.02 bits per heavy atom. The van der Waals surface area contributed by atoms with Gasteiger partial charge in [0.15, 0.2) is 0 Å². The van der Waals surface area contributed by atoms with Crippen molar-refractivity contribution in [2.24, 2.45) is 0 Å². The molecule has 4 heteroatoms. The lowest BCUT2D eigenvalue weighted by molar-refractivity contribution is 0.0633. The molecule has 1 aliphatic rings. The molecule has 4 nitrogen and oxygen atoms in total. The van der Waals surface area contributed by atoms with E-state index in [4.69, 9.17) is 0 Å². The third kappa shape index (κ3) is 5.10. The summed E-state index contributed by atoms with van der Waals surface area (Å²) < 4.78 is 0. The summed E-state index contributed by atoms with van der Waals surface area (Å²) in [6.45, 7) is 2.32. The van der Waals surface area contributed by atoms with E-state index in [1.165, 1.54) is 10.5 Å². The zero-order valence-corrected chi connectivity index (χ0v) is 23.0. The molecule has 1 N–H and O–H groups in total. The number of aryl methyl sites for hydroxylation is 1. The van der Waals surface area contributed by atoms with E-state index < -0.39 is 5.54 Å². The quantitative estimate of drug-likeness (QED) is 0.167. The van der Waals surface area contributed by atoms with Gasteiger partial charge in [0.2, 0.25) is 0 Å². The third-order valence-corrected chi connectivity index (χ3v) is 7.92. The van der Waals surface area contributed by atoms with E-state index in [0.717, 1.165) is 22.3 Å². The number of hydrogen-bond donors (Lipinski definition) is 1. The predicted octanol–water partition coefficient (Wildman–Crippen LogP) is 6.78. The van der Waals surface area contributed by atoms with Crippen molar-refractivity contribution < 1.29 is 9.59 Å². The van der Waals surface area contributed by atoms with Crippen LogP contribution in [-0.4, -0.2) is 29.3 Å². The maximum absolute atomic E-state index is 13.5. The zero-order chi connectivity index (χ0) is 28.2. The Balaban J connectivity index is 1.49. The van der Waals surface area contributed by atoms with Crippen LogP contribution in [0, 0.1) is 6.92 Å². The fourth-order valence-electron chi connectivity index (χ4n) is 5.92. The molecule has 5 aromatic rings. The summed E-state index contributed by atoms with van der Waals surface area (Å²) in [4.78, 5) is 28.4. The topological polar surface area (TPSA) is 49.4 Å². The van der Waals surface area contributed by atoms with Crippen LogP contribution in [0.4, 0.5) is 0 Å². The Labute approximate surface area is 241 Å². The van der Waals surface area contributed by atoms with Crippen molar-refractivity contribution in [2.75, 3.05) is 6.54 Å². The number of nitrogens with one attached hydrogen (secondary N) is 1. The highest BCUT2D eigenvalue weighted by Gasteiger charge is 2.41. The van der Waals surface area contributed by atoms with Gasteiger partial charge in [-0.25, -0.2) is 0 Å². The van der Waals surface area contributed by atoms with Gasteiger partial charge in [-0.1, -0.05) is 133 Å². The first kappa shape index (κ1) is 26.4. The van der Waals surface area contributed by atoms with Gasteiger partial charge >= 0.3 is 0 Å². The second-order valence-corrected chi connectivity index (χ2v) is 10.6. The fraction of sp³-hybridized carbons (Fsp3) is 0.135. The van der Waals surface area contributed by atoms with Gasteiger partial charge in [0.25, 0.3) is 11.8 Å². The first-order valence-corrected chi connectivity index (χ1v) is 14.0. The van der Waals surface area contributed by atoms with Crippen molar-refractivity contribution in [1.29, 1.82) is 0 Å². The molecule has 41 heavy (non-hydrogen) atoms. The highest BCUT2D eigenvalue weighted by molar-refractivity contribution is 6.21. The van der Waals surface area contributed by atoms with Crippen molar-refractivity contribution in [3.8, 4) is 0 Å². The molecule has 0 bridgehead atoms. The number of hydrogen-bond acceptors (Lipinski definition) is 3. The number of benzene rings is 5. The van der Waals surface area contributed by atoms with Gasteiger partial charge in [0.1, 0.15) is 0 Å². The monoisotopic (exact) mass is 536 g/mol. The average molecular weight is 537 g/mol. The highest BCUT2D eigenvalue weighted by Crippen LogP contribution is 2.38. The lowest BCUT2D eigenvalue weighted by atomic mass is 9.76. The number of rotatable bonds is 9. The third-order valence-electron chi connectivity index (χ3n) is 7.92. The molecule has 1 aliphatic heterocycles. The minimum absolute atomic E-state index is 0.231. The molecule has 202 valence electrons. The summed E-state index contributed by atoms with van der Waals surface area (Å²) in [5.41, 5.74) is 5.73. The summed E-state index contributed by atoms with van der Waals surface area (Å²) >= 11 is 0. The first-order chi connectivity index (χ1) is 20.1. The lowest BCUT2D eigenvalue weighted by Gasteiger charge is -2.41. The Hall–Kier alpha value is -4.80. The summed E-state index contributed by atoms with van der Waals surface area (Å²) in [5, 5.41) is 4.03. The Morgan fingerprint density at radius 1 is 0.585 bits per heavy atom. The van der Waals surface area contributed by atoms with Crippen molar-refractivity contribution >= 4 is 11.8 Å². The molecule has 0 saturated heterocycles. The SMILES string of the molecule is Cc1ccc(C(N[C@@H](Cc2ccccc2)CN2C(=O)c3ccccc3C2=O)(c2ccccc2)c2ccccc2)cc1. The molecule has 0 unspecified atom stereocenters. The molecular formula is C37H32N2O2. The van der Waals surface area contributed by atoms with Crippen molar-refractivity contribution in [2.45, 2.75) is 24.9 Å². The standard InChI is InChI=1S/C37H32N2O2/c1-27-21-23-31(24-22-27)37(29-15-7-3-8-16-29,30-17-9-4-10-18-30)38-32(25-28-13-5-2-6-14-28)26-39-35(40)33-19-11-12-20-34(33)36(39)41/h2-24,32,38H,25-26H2,1H3/t32-/m0/s1. The van der Waals surface area contributed by atoms with Crippen LogP contribution in [0.2, 0.25) is 0 Å². The second-order valence-electron chi connectivity index (χ2n) is 10.6. The van der Waals surface area contributed by atoms with Gasteiger partial charge in [-0.05, 0) is 47.7 Å². The normalized spacial score (nSPS) is 13.7. The molecule has 0 aliphatic carbocycles. The van der Waals surface area contributed by atoms with E-state index in [0.29, 0.717) is 17.5 Å². The molecule has 5 aromatic carbocycles. The van der Waals surface area contributed by atoms with Crippen LogP contribution in [0.5, 0.6) is 0 Å². The van der Waals surface area contributed by atoms with E-state index >= 15 is 0 Å². The summed E-state index contributed by atoms with van der Waals surface area (Å²) in [6, 6.07) is 46.5. The molecule has 1 heterocycles. The van der Waals surface area contributed by atoms with Crippen LogP contribution in [0.15, 0.2) is 140 Å². The van der Waals surface area contributed by atoms with Crippen molar-refractivity contribution in [1.82, 2.24) is 10.2 Å². The van der Waals surface area contributed by atoms with E-state index in [1.54, 1.807) is 24.3 Å². The number of carbonyl (C=O) groups excluding carboxylic acids is 2. The van der Waals surface area contributed by atoms with E-state index in [2.05, 4.69) is 97.2 Å². The fourth-order valence-corrected chi connectivity index (χ4v) is 5.92. The summed E-state index contributed by atoms with van der Waals surface area (Å²) in [7, 11) is 0. The van der Waals surface area contributed by atoms with E-state index in [9.17, 15) is 9.59 Å². The molecular weight excluding hydrogens is 504 g/mol. The molecule has 0 saturated carbocycles. The van der Waals surface area contributed by atoms with Gasteiger partial charge in [0, 0.05) is 12.6 Å². The van der Waals surface area contributed by atoms with Crippen LogP contribution in [0.1, 0.15) is 48.5 Å². The van der Waals surface area contributed by atoms with Crippen molar-refractivity contribution in [3.63, 3.8) is 0 Å². The van der Waals surface area contributed by atoms with Crippen LogP contribution in [-0.2, 0) is 12.0 Å². The smallest absolute Gasteiger partial charge is 0.261 e. The van der Waals surface area contributed by atoms with Crippen LogP contribution in [0.3, 0.4) is 0 Å². The number of fused-ring (bicyclic) bond motifs is 1. The molecule has 0 spiro atoms. The number of imide groups is 1. The molecule has 2 amide bonds. The Bertz CT molecular complexity index is 1570. The van der Waals surface area contributed by atoms with Gasteiger partial charge in [-0.15, -0.1) is 0 Å². The average Bonchev–Trinajstić information content (AvgIpc) is 3.26. The Morgan fingerprint density at radius 3 is 1.54 bits per heavy atom. The minimum atomic E-state index is -0.742. The molecule has 0 radical (unpaired) electrons. The maximum Gasteiger partial charge on any atom is 0.261 e. The lowest BCUT2D eigenvalue weighted by Crippen LogP contribution is -2.54. The largest absolute Gasteiger partial charge is 0.295 e. The first-order valence-electron chi connectivity index (χ1n) is 14.0. The minimum Gasteiger partial charge on any atom is -0.295 e. The van der Waals surface area contributed by atoms with Gasteiger partial charge in [-0.3, -0.25) is 19.8 Å². The van der Waals surface area contributed by atoms with Gasteiger partial charge < -0.3 is 0 Å². The predicted molar refractivity (Wildman–Crippen MR) is 163 cm³/mol. The number of carbonyl (C=O) groups is 2. The van der Waals surface area contributed by atoms with Gasteiger partial charge in [0.05, 0.1) is 16.7 Å². The molecule has 0 aromatic heterocycles. The molecule has 0 fully saturated rings. The van der Waals surface area contributed by atoms with Crippen molar-refractivity contribution in [3.05, 3.63) is 178 Å². The van der Waals surface area contributed by atoms with Crippen LogP contribution in [0.25, 0.3) is 0 Å². The number of nitrogens with zero attached hydrogens (tertiary/aromatic N) is 1. The van der Waals surface area contributed by atoms with Crippen LogP contribution < -0.4 is 5.32 Å². The van der Waals surface area contributed by atoms with E-state index in [-0.39, 0.29) is 24.4 Å². The number of amides is 2. The highest BCUT2D eigenvalue weighted by atomic mass is 16.2. The zero-order valence-electron chi connectivity index (χ0n) is 23.0. The van der Waals surface area contributed by atoms with E-state index in [1.807, 2.05) is 30.3 Å². The maximum atomic E-state index is 13.5. The molecule has 1 atom stereocenters. The Kier molecular flexibility index (Phi) is 7.32. The molecule has 6 rings (SSSR count). The van der Waals surface area contributed by atoms with Crippen LogP contribution >= 0.6 is 0 Å². The van der Waals surface area contributed by atoms with Gasteiger partial charge in [-0.2, -0.15) is 0 Å². The second kappa shape index (κ2) is 11.4.